The first-order valence-corrected chi connectivity index (χ1v) is 8.78. The molecule has 2 aromatic rings. The van der Waals surface area contributed by atoms with Crippen molar-refractivity contribution in [2.45, 2.75) is 30.3 Å². The van der Waals surface area contributed by atoms with Crippen molar-refractivity contribution in [3.8, 4) is 0 Å². The molecule has 0 unspecified atom stereocenters. The molecule has 0 spiro atoms. The Labute approximate surface area is 134 Å². The molecule has 4 nitrogen and oxygen atoms in total. The number of hydrogen-bond donors (Lipinski definition) is 0. The first kappa shape index (κ1) is 15.5. The third-order valence-electron chi connectivity index (χ3n) is 3.82. The minimum atomic E-state index is -3.70. The van der Waals surface area contributed by atoms with Crippen molar-refractivity contribution in [2.24, 2.45) is 7.05 Å². The van der Waals surface area contributed by atoms with Crippen LogP contribution in [-0.2, 0) is 23.6 Å². The van der Waals surface area contributed by atoms with E-state index in [0.717, 1.165) is 24.6 Å². The van der Waals surface area contributed by atoms with Crippen molar-refractivity contribution < 1.29 is 12.8 Å². The fourth-order valence-corrected chi connectivity index (χ4v) is 4.29. The van der Waals surface area contributed by atoms with Gasteiger partial charge in [-0.25, -0.2) is 12.8 Å². The van der Waals surface area contributed by atoms with E-state index in [-0.39, 0.29) is 16.0 Å². The van der Waals surface area contributed by atoms with Crippen LogP contribution >= 0.6 is 11.6 Å². The lowest BCUT2D eigenvalue weighted by molar-refractivity contribution is 0.390. The van der Waals surface area contributed by atoms with E-state index in [1.807, 2.05) is 29.9 Å². The summed E-state index contributed by atoms with van der Waals surface area (Å²) in [6.07, 6.45) is 3.57. The number of aromatic nitrogens is 1. The lowest BCUT2D eigenvalue weighted by Crippen LogP contribution is -2.33. The van der Waals surface area contributed by atoms with Gasteiger partial charge in [0, 0.05) is 25.0 Å². The van der Waals surface area contributed by atoms with Gasteiger partial charge in [-0.05, 0) is 43.2 Å². The van der Waals surface area contributed by atoms with Gasteiger partial charge in [0.05, 0.1) is 16.5 Å². The van der Waals surface area contributed by atoms with Crippen LogP contribution < -0.4 is 0 Å². The Hall–Kier alpha value is -1.37. The largest absolute Gasteiger partial charge is 0.353 e. The van der Waals surface area contributed by atoms with Gasteiger partial charge in [-0.2, -0.15) is 4.31 Å². The third-order valence-corrected chi connectivity index (χ3v) is 6.00. The van der Waals surface area contributed by atoms with E-state index < -0.39 is 15.8 Å². The summed E-state index contributed by atoms with van der Waals surface area (Å²) in [5, 5.41) is -0.185. The maximum Gasteiger partial charge on any atom is 0.243 e. The van der Waals surface area contributed by atoms with Crippen molar-refractivity contribution >= 4 is 21.6 Å². The van der Waals surface area contributed by atoms with E-state index in [4.69, 9.17) is 11.6 Å². The smallest absolute Gasteiger partial charge is 0.243 e. The van der Waals surface area contributed by atoms with Crippen LogP contribution in [0.4, 0.5) is 4.39 Å². The Kier molecular flexibility index (Phi) is 4.01. The fraction of sp³-hybridized carbons (Fsp3) is 0.333. The van der Waals surface area contributed by atoms with Gasteiger partial charge < -0.3 is 4.57 Å². The molecule has 1 fully saturated rings. The van der Waals surface area contributed by atoms with Gasteiger partial charge in [-0.3, -0.25) is 0 Å². The topological polar surface area (TPSA) is 42.3 Å². The summed E-state index contributed by atoms with van der Waals surface area (Å²) in [6, 6.07) is 7.29. The predicted octanol–water partition coefficient (Wildman–Crippen LogP) is 3.17. The molecule has 0 atom stereocenters. The molecule has 0 amide bonds. The van der Waals surface area contributed by atoms with Gasteiger partial charge in [0.2, 0.25) is 10.0 Å². The Morgan fingerprint density at radius 1 is 1.36 bits per heavy atom. The minimum absolute atomic E-state index is 0.00345. The zero-order valence-corrected chi connectivity index (χ0v) is 13.6. The molecular weight excluding hydrogens is 327 g/mol. The molecule has 22 heavy (non-hydrogen) atoms. The first-order valence-electron chi connectivity index (χ1n) is 6.96. The number of aryl methyl sites for hydroxylation is 1. The van der Waals surface area contributed by atoms with E-state index in [1.54, 1.807) is 0 Å². The van der Waals surface area contributed by atoms with Gasteiger partial charge in [-0.1, -0.05) is 11.6 Å². The van der Waals surface area contributed by atoms with Gasteiger partial charge in [0.15, 0.2) is 0 Å². The van der Waals surface area contributed by atoms with Crippen LogP contribution in [0.25, 0.3) is 0 Å². The van der Waals surface area contributed by atoms with Crippen molar-refractivity contribution in [1.82, 2.24) is 8.87 Å². The summed E-state index contributed by atoms with van der Waals surface area (Å²) in [5.41, 5.74) is 0.906. The summed E-state index contributed by atoms with van der Waals surface area (Å²) in [5.74, 6) is -0.624. The van der Waals surface area contributed by atoms with Gasteiger partial charge in [0.1, 0.15) is 5.82 Å². The molecule has 0 bridgehead atoms. The Morgan fingerprint density at radius 3 is 2.64 bits per heavy atom. The summed E-state index contributed by atoms with van der Waals surface area (Å²) in [7, 11) is -1.82. The highest BCUT2D eigenvalue weighted by atomic mass is 35.5. The van der Waals surface area contributed by atoms with Crippen LogP contribution in [-0.4, -0.2) is 23.3 Å². The van der Waals surface area contributed by atoms with Crippen LogP contribution in [0, 0.1) is 5.82 Å². The lowest BCUT2D eigenvalue weighted by Gasteiger charge is -2.22. The standard InChI is InChI=1S/C15H16ClFN2O2S/c1-18-8-2-3-12(18)10-19(11-4-5-11)22(20,21)13-6-7-15(17)14(16)9-13/h2-3,6-9,11H,4-5,10H2,1H3. The molecule has 0 aliphatic heterocycles. The molecule has 1 aromatic carbocycles. The van der Waals surface area contributed by atoms with Crippen LogP contribution in [0.15, 0.2) is 41.4 Å². The van der Waals surface area contributed by atoms with Gasteiger partial charge in [0.25, 0.3) is 0 Å². The van der Waals surface area contributed by atoms with Crippen LogP contribution in [0.2, 0.25) is 5.02 Å². The van der Waals surface area contributed by atoms with Gasteiger partial charge in [-0.15, -0.1) is 0 Å². The van der Waals surface area contributed by atoms with Crippen molar-refractivity contribution in [2.75, 3.05) is 0 Å². The second kappa shape index (κ2) is 5.68. The SMILES string of the molecule is Cn1cccc1CN(C1CC1)S(=O)(=O)c1ccc(F)c(Cl)c1. The molecule has 1 heterocycles. The molecule has 1 aliphatic rings. The fourth-order valence-electron chi connectivity index (χ4n) is 2.37. The molecule has 7 heteroatoms. The molecule has 0 saturated heterocycles. The highest BCUT2D eigenvalue weighted by Crippen LogP contribution is 2.34. The number of hydrogen-bond acceptors (Lipinski definition) is 2. The van der Waals surface area contributed by atoms with E-state index in [2.05, 4.69) is 0 Å². The van der Waals surface area contributed by atoms with E-state index in [9.17, 15) is 12.8 Å². The number of benzene rings is 1. The van der Waals surface area contributed by atoms with E-state index in [0.29, 0.717) is 6.54 Å². The molecule has 1 aromatic heterocycles. The average Bonchev–Trinajstić information content (AvgIpc) is 3.22. The molecule has 0 radical (unpaired) electrons. The van der Waals surface area contributed by atoms with Crippen molar-refractivity contribution in [3.05, 3.63) is 53.1 Å². The minimum Gasteiger partial charge on any atom is -0.353 e. The van der Waals surface area contributed by atoms with Crippen molar-refractivity contribution in [1.29, 1.82) is 0 Å². The zero-order valence-electron chi connectivity index (χ0n) is 12.0. The lowest BCUT2D eigenvalue weighted by atomic mass is 10.3. The third kappa shape index (κ3) is 2.91. The normalized spacial score (nSPS) is 15.5. The molecular formula is C15H16ClFN2O2S. The van der Waals surface area contributed by atoms with E-state index >= 15 is 0 Å². The molecule has 1 aliphatic carbocycles. The second-order valence-electron chi connectivity index (χ2n) is 5.47. The average molecular weight is 343 g/mol. The van der Waals surface area contributed by atoms with E-state index in [1.165, 1.54) is 16.4 Å². The molecule has 118 valence electrons. The summed E-state index contributed by atoms with van der Waals surface area (Å²) >= 11 is 5.73. The second-order valence-corrected chi connectivity index (χ2v) is 7.77. The summed E-state index contributed by atoms with van der Waals surface area (Å²) < 4.78 is 42.3. The Bertz CT molecular complexity index is 800. The summed E-state index contributed by atoms with van der Waals surface area (Å²) in [4.78, 5) is 0.0278. The summed E-state index contributed by atoms with van der Waals surface area (Å²) in [6.45, 7) is 0.297. The number of rotatable bonds is 5. The highest BCUT2D eigenvalue weighted by molar-refractivity contribution is 7.89. The van der Waals surface area contributed by atoms with Gasteiger partial charge >= 0.3 is 0 Å². The monoisotopic (exact) mass is 342 g/mol. The van der Waals surface area contributed by atoms with Crippen LogP contribution in [0.3, 0.4) is 0 Å². The Morgan fingerprint density at radius 2 is 2.09 bits per heavy atom. The number of halogens is 2. The number of nitrogens with zero attached hydrogens (tertiary/aromatic N) is 2. The Balaban J connectivity index is 1.96. The molecule has 0 N–H and O–H groups in total. The molecule has 3 rings (SSSR count). The predicted molar refractivity (Wildman–Crippen MR) is 82.6 cm³/mol. The number of sulfonamides is 1. The quantitative estimate of drug-likeness (QED) is 0.837. The van der Waals surface area contributed by atoms with Crippen LogP contribution in [0.5, 0.6) is 0 Å². The maximum atomic E-state index is 13.3. The van der Waals surface area contributed by atoms with Crippen LogP contribution in [0.1, 0.15) is 18.5 Å². The van der Waals surface area contributed by atoms with Crippen molar-refractivity contribution in [3.63, 3.8) is 0 Å². The highest BCUT2D eigenvalue weighted by Gasteiger charge is 2.38. The maximum absolute atomic E-state index is 13.3. The molecule has 1 saturated carbocycles. The first-order chi connectivity index (χ1) is 10.4. The zero-order chi connectivity index (χ0) is 15.9.